The molecule has 1 amide bonds. The molecule has 6 rings (SSSR count). The van der Waals surface area contributed by atoms with Gasteiger partial charge in [-0.2, -0.15) is 0 Å². The Morgan fingerprint density at radius 3 is 2.53 bits per heavy atom. The van der Waals surface area contributed by atoms with E-state index >= 15 is 4.39 Å². The number of amides is 1. The Morgan fingerprint density at radius 1 is 1.02 bits per heavy atom. The Labute approximate surface area is 247 Å². The predicted molar refractivity (Wildman–Crippen MR) is 157 cm³/mol. The number of ether oxygens (including phenoxy) is 2. The number of halogens is 1. The molecule has 0 saturated carbocycles. The van der Waals surface area contributed by atoms with Gasteiger partial charge in [0.15, 0.2) is 0 Å². The third-order valence-electron chi connectivity index (χ3n) is 7.27. The highest BCUT2D eigenvalue weighted by atomic mass is 19.1. The number of rotatable bonds is 11. The summed E-state index contributed by atoms with van der Waals surface area (Å²) in [7, 11) is 1.65. The minimum absolute atomic E-state index is 0.302. The van der Waals surface area contributed by atoms with E-state index in [0.29, 0.717) is 44.0 Å². The molecule has 1 aliphatic rings. The molecule has 1 N–H and O–H groups in total. The number of aromatic nitrogens is 6. The second-order valence-corrected chi connectivity index (χ2v) is 10.4. The molecule has 220 valence electrons. The smallest absolute Gasteiger partial charge is 0.414 e. The van der Waals surface area contributed by atoms with Crippen LogP contribution in [-0.2, 0) is 30.9 Å². The van der Waals surface area contributed by atoms with Crippen LogP contribution < -0.4 is 15.0 Å². The van der Waals surface area contributed by atoms with Gasteiger partial charge < -0.3 is 14.8 Å². The molecule has 5 aromatic rings. The van der Waals surface area contributed by atoms with E-state index in [1.165, 1.54) is 11.0 Å². The summed E-state index contributed by atoms with van der Waals surface area (Å²) < 4.78 is 29.4. The number of methoxy groups -OCH3 is 1. The SMILES string of the molecule is COc1ccc(Cn2nncc2CNCc2ccc(-c3ccc(N4C[C@H](Cn5cc(C)nn5)OC4=O)cc3F)cc2)cc1. The van der Waals surface area contributed by atoms with Gasteiger partial charge in [-0.15, -0.1) is 10.2 Å². The van der Waals surface area contributed by atoms with Gasteiger partial charge in [-0.3, -0.25) is 4.90 Å². The zero-order valence-electron chi connectivity index (χ0n) is 23.9. The number of benzene rings is 3. The summed E-state index contributed by atoms with van der Waals surface area (Å²) in [6.07, 6.45) is 2.63. The van der Waals surface area contributed by atoms with E-state index in [4.69, 9.17) is 9.47 Å². The van der Waals surface area contributed by atoms with Crippen LogP contribution in [0, 0.1) is 12.7 Å². The number of hydrogen-bond donors (Lipinski definition) is 1. The lowest BCUT2D eigenvalue weighted by molar-refractivity contribution is 0.129. The average Bonchev–Trinajstić information content (AvgIpc) is 3.74. The van der Waals surface area contributed by atoms with Crippen molar-refractivity contribution < 1.29 is 18.7 Å². The van der Waals surface area contributed by atoms with Crippen molar-refractivity contribution in [3.05, 3.63) is 107 Å². The second kappa shape index (κ2) is 12.4. The number of cyclic esters (lactones) is 1. The normalized spacial score (nSPS) is 14.7. The molecule has 0 unspecified atom stereocenters. The van der Waals surface area contributed by atoms with Gasteiger partial charge in [0.2, 0.25) is 0 Å². The van der Waals surface area contributed by atoms with Crippen molar-refractivity contribution in [3.63, 3.8) is 0 Å². The van der Waals surface area contributed by atoms with Crippen LogP contribution in [0.5, 0.6) is 5.75 Å². The molecule has 1 fully saturated rings. The van der Waals surface area contributed by atoms with E-state index in [-0.39, 0.29) is 0 Å². The summed E-state index contributed by atoms with van der Waals surface area (Å²) in [6.45, 7) is 4.36. The molecule has 1 atom stereocenters. The van der Waals surface area contributed by atoms with E-state index in [9.17, 15) is 4.79 Å². The van der Waals surface area contributed by atoms with Crippen LogP contribution in [0.3, 0.4) is 0 Å². The zero-order valence-corrected chi connectivity index (χ0v) is 23.9. The van der Waals surface area contributed by atoms with Crippen LogP contribution >= 0.6 is 0 Å². The summed E-state index contributed by atoms with van der Waals surface area (Å²) in [5, 5.41) is 19.7. The van der Waals surface area contributed by atoms with Gasteiger partial charge in [0, 0.05) is 24.8 Å². The lowest BCUT2D eigenvalue weighted by atomic mass is 10.0. The van der Waals surface area contributed by atoms with Crippen molar-refractivity contribution in [1.82, 2.24) is 35.3 Å². The fourth-order valence-electron chi connectivity index (χ4n) is 5.02. The lowest BCUT2D eigenvalue weighted by Gasteiger charge is -2.15. The van der Waals surface area contributed by atoms with Gasteiger partial charge >= 0.3 is 6.09 Å². The van der Waals surface area contributed by atoms with E-state index in [0.717, 1.165) is 33.8 Å². The van der Waals surface area contributed by atoms with Crippen molar-refractivity contribution >= 4 is 11.8 Å². The average molecular weight is 583 g/mol. The number of aryl methyl sites for hydroxylation is 1. The van der Waals surface area contributed by atoms with Crippen molar-refractivity contribution in [1.29, 1.82) is 0 Å². The third-order valence-corrected chi connectivity index (χ3v) is 7.27. The van der Waals surface area contributed by atoms with E-state index in [1.807, 2.05) is 60.1 Å². The molecular weight excluding hydrogens is 551 g/mol. The monoisotopic (exact) mass is 582 g/mol. The molecule has 43 heavy (non-hydrogen) atoms. The summed E-state index contributed by atoms with van der Waals surface area (Å²) in [5.74, 6) is 0.400. The predicted octanol–water partition coefficient (Wildman–Crippen LogP) is 4.36. The van der Waals surface area contributed by atoms with Crippen molar-refractivity contribution in [3.8, 4) is 16.9 Å². The molecule has 3 heterocycles. The summed E-state index contributed by atoms with van der Waals surface area (Å²) in [6, 6.07) is 20.4. The van der Waals surface area contributed by atoms with Gasteiger partial charge in [-0.1, -0.05) is 46.8 Å². The minimum atomic E-state index is -0.509. The first-order valence-electron chi connectivity index (χ1n) is 13.9. The van der Waals surface area contributed by atoms with Crippen molar-refractivity contribution in [2.24, 2.45) is 0 Å². The van der Waals surface area contributed by atoms with Crippen LogP contribution in [0.1, 0.15) is 22.5 Å². The summed E-state index contributed by atoms with van der Waals surface area (Å²) in [5.41, 5.74) is 5.57. The maximum atomic E-state index is 15.2. The minimum Gasteiger partial charge on any atom is -0.497 e. The highest BCUT2D eigenvalue weighted by molar-refractivity contribution is 5.90. The van der Waals surface area contributed by atoms with Crippen molar-refractivity contribution in [2.45, 2.75) is 39.2 Å². The third kappa shape index (κ3) is 6.54. The second-order valence-electron chi connectivity index (χ2n) is 10.4. The van der Waals surface area contributed by atoms with Gasteiger partial charge in [-0.25, -0.2) is 18.5 Å². The summed E-state index contributed by atoms with van der Waals surface area (Å²) in [4.78, 5) is 13.9. The number of hydrogen-bond acceptors (Lipinski definition) is 8. The Bertz CT molecular complexity index is 1700. The Hall–Kier alpha value is -5.10. The lowest BCUT2D eigenvalue weighted by Crippen LogP contribution is -2.26. The fraction of sp³-hybridized carbons (Fsp3) is 0.258. The molecule has 1 saturated heterocycles. The highest BCUT2D eigenvalue weighted by Gasteiger charge is 2.33. The first-order chi connectivity index (χ1) is 20.9. The van der Waals surface area contributed by atoms with Gasteiger partial charge in [-0.05, 0) is 53.9 Å². The van der Waals surface area contributed by atoms with Gasteiger partial charge in [0.25, 0.3) is 0 Å². The molecule has 3 aromatic carbocycles. The maximum absolute atomic E-state index is 15.2. The van der Waals surface area contributed by atoms with Crippen LogP contribution in [0.4, 0.5) is 14.9 Å². The quantitative estimate of drug-likeness (QED) is 0.245. The van der Waals surface area contributed by atoms with E-state index < -0.39 is 18.0 Å². The molecule has 11 nitrogen and oxygen atoms in total. The van der Waals surface area contributed by atoms with Crippen LogP contribution in [0.25, 0.3) is 11.1 Å². The first-order valence-corrected chi connectivity index (χ1v) is 13.9. The number of carbonyl (C=O) groups is 1. The number of anilines is 1. The molecule has 12 heteroatoms. The molecule has 2 aromatic heterocycles. The number of carbonyl (C=O) groups excluding carboxylic acids is 1. The summed E-state index contributed by atoms with van der Waals surface area (Å²) >= 11 is 0. The Morgan fingerprint density at radius 2 is 1.81 bits per heavy atom. The topological polar surface area (TPSA) is 112 Å². The van der Waals surface area contributed by atoms with Crippen LogP contribution in [0.2, 0.25) is 0 Å². The fourth-order valence-corrected chi connectivity index (χ4v) is 5.02. The molecule has 0 spiro atoms. The maximum Gasteiger partial charge on any atom is 0.414 e. The van der Waals surface area contributed by atoms with Crippen molar-refractivity contribution in [2.75, 3.05) is 18.6 Å². The van der Waals surface area contributed by atoms with Gasteiger partial charge in [0.05, 0.1) is 50.0 Å². The molecular formula is C31H31FN8O3. The Balaban J connectivity index is 1.03. The molecule has 0 bridgehead atoms. The number of nitrogens with zero attached hydrogens (tertiary/aromatic N) is 7. The van der Waals surface area contributed by atoms with Crippen LogP contribution in [-0.4, -0.2) is 55.8 Å². The van der Waals surface area contributed by atoms with Gasteiger partial charge in [0.1, 0.15) is 17.7 Å². The largest absolute Gasteiger partial charge is 0.497 e. The zero-order chi connectivity index (χ0) is 29.8. The van der Waals surface area contributed by atoms with Crippen LogP contribution in [0.15, 0.2) is 79.1 Å². The molecule has 1 aliphatic heterocycles. The standard InChI is InChI=1S/C31H31FN8O3/c1-21-17-38(37-35-21)19-28-20-39(31(41)43-28)25-9-12-29(30(32)13-25)24-7-3-22(4-8-24)14-33-15-26-16-34-36-40(26)18-23-5-10-27(42-2)11-6-23/h3-13,16-17,28,33H,14-15,18-20H2,1-2H3/t28-/m0/s1. The Kier molecular flexibility index (Phi) is 8.09. The number of nitrogens with one attached hydrogen (secondary N) is 1. The molecule has 0 aliphatic carbocycles. The molecule has 0 radical (unpaired) electrons. The van der Waals surface area contributed by atoms with E-state index in [1.54, 1.807) is 36.3 Å². The van der Waals surface area contributed by atoms with E-state index in [2.05, 4.69) is 25.9 Å². The highest BCUT2D eigenvalue weighted by Crippen LogP contribution is 2.29. The first kappa shape index (κ1) is 28.0.